The van der Waals surface area contributed by atoms with Crippen molar-refractivity contribution in [2.45, 2.75) is 58.7 Å². The van der Waals surface area contributed by atoms with Gasteiger partial charge in [-0.2, -0.15) is 0 Å². The molecule has 0 aromatic carbocycles. The Morgan fingerprint density at radius 2 is 2.07 bits per heavy atom. The van der Waals surface area contributed by atoms with Gasteiger partial charge in [0, 0.05) is 17.0 Å². The second-order valence-corrected chi connectivity index (χ2v) is 3.27. The minimum Gasteiger partial charge on any atom is -0.466 e. The molecule has 2 nitrogen and oxygen atoms in total. The Morgan fingerprint density at radius 1 is 1.33 bits per heavy atom. The van der Waals surface area contributed by atoms with E-state index in [2.05, 4.69) is 16.6 Å². The van der Waals surface area contributed by atoms with E-state index in [1.165, 1.54) is 0 Å². The largest absolute Gasteiger partial charge is 0.466 e. The first-order chi connectivity index (χ1) is 9.20. The fourth-order valence-corrected chi connectivity index (χ4v) is 1.25. The second-order valence-electron chi connectivity index (χ2n) is 3.27. The lowest BCUT2D eigenvalue weighted by molar-refractivity contribution is -0.143. The molecule has 0 bridgehead atoms. The molecule has 0 aromatic heterocycles. The van der Waals surface area contributed by atoms with Crippen LogP contribution < -0.4 is 0 Å². The molecule has 0 aromatic rings. The average molecular weight is 215 g/mol. The van der Waals surface area contributed by atoms with Gasteiger partial charge in [0.05, 0.1) is 9.30 Å². The predicted molar refractivity (Wildman–Crippen MR) is 62.4 cm³/mol. The Balaban J connectivity index is 3.71. The third-order valence-electron chi connectivity index (χ3n) is 2.02. The van der Waals surface area contributed by atoms with E-state index in [1.807, 2.05) is 6.92 Å². The summed E-state index contributed by atoms with van der Waals surface area (Å²) in [5.74, 6) is 5.00. The van der Waals surface area contributed by atoms with Crippen molar-refractivity contribution < 1.29 is 16.4 Å². The van der Waals surface area contributed by atoms with E-state index in [-0.39, 0.29) is 6.42 Å². The van der Waals surface area contributed by atoms with Crippen molar-refractivity contribution in [1.82, 2.24) is 0 Å². The van der Waals surface area contributed by atoms with Gasteiger partial charge in [0.1, 0.15) is 0 Å². The molecule has 0 amide bonds. The van der Waals surface area contributed by atoms with E-state index in [0.29, 0.717) is 6.42 Å². The Morgan fingerprint density at radius 3 is 2.80 bits per heavy atom. The zero-order chi connectivity index (χ0) is 15.6. The predicted octanol–water partition coefficient (Wildman–Crippen LogP) is 3.30. The second kappa shape index (κ2) is 11.1. The molecule has 0 radical (unpaired) electrons. The van der Waals surface area contributed by atoms with Crippen LogP contribution in [-0.4, -0.2) is 12.5 Å². The Bertz CT molecular complexity index is 352. The highest BCUT2D eigenvalue weighted by Crippen LogP contribution is 2.07. The van der Waals surface area contributed by atoms with Gasteiger partial charge in [-0.3, -0.25) is 4.79 Å². The third-order valence-corrected chi connectivity index (χ3v) is 2.02. The van der Waals surface area contributed by atoms with Crippen LogP contribution in [0.3, 0.4) is 0 Å². The van der Waals surface area contributed by atoms with Crippen molar-refractivity contribution in [1.29, 1.82) is 0 Å². The van der Waals surface area contributed by atoms with Crippen molar-refractivity contribution in [2.75, 3.05) is 6.56 Å². The summed E-state index contributed by atoms with van der Waals surface area (Å²) in [5, 5.41) is 0. The molecule has 86 valence electrons. The Labute approximate surface area is 100 Å². The molecule has 0 saturated heterocycles. The summed E-state index contributed by atoms with van der Waals surface area (Å²) in [6, 6.07) is 0. The summed E-state index contributed by atoms with van der Waals surface area (Å²) in [5.41, 5.74) is 0. The highest BCUT2D eigenvalue weighted by atomic mass is 16.5. The molecule has 0 N–H and O–H groups in total. The quantitative estimate of drug-likeness (QED) is 0.353. The van der Waals surface area contributed by atoms with E-state index in [1.54, 1.807) is 0 Å². The Hall–Kier alpha value is -0.970. The van der Waals surface area contributed by atoms with Crippen LogP contribution in [0.25, 0.3) is 0 Å². The monoisotopic (exact) mass is 215 g/mol. The van der Waals surface area contributed by atoms with Gasteiger partial charge < -0.3 is 4.74 Å². The minimum atomic E-state index is -2.96. The van der Waals surface area contributed by atoms with Crippen molar-refractivity contribution >= 4 is 5.97 Å². The summed E-state index contributed by atoms with van der Waals surface area (Å²) in [6.07, 6.45) is 5.40. The molecule has 0 saturated carbocycles. The summed E-state index contributed by atoms with van der Waals surface area (Å²) in [7, 11) is 0. The van der Waals surface area contributed by atoms with Gasteiger partial charge in [-0.25, -0.2) is 0 Å². The highest BCUT2D eigenvalue weighted by Gasteiger charge is 1.99. The topological polar surface area (TPSA) is 26.3 Å². The molecule has 0 fully saturated rings. The van der Waals surface area contributed by atoms with E-state index < -0.39 is 19.4 Å². The van der Waals surface area contributed by atoms with Gasteiger partial charge in [-0.05, 0) is 26.6 Å². The van der Waals surface area contributed by atoms with E-state index in [9.17, 15) is 4.79 Å². The van der Waals surface area contributed by atoms with Gasteiger partial charge in [-0.15, -0.1) is 11.8 Å². The number of rotatable bonds is 8. The van der Waals surface area contributed by atoms with Gasteiger partial charge in [0.15, 0.2) is 0 Å². The van der Waals surface area contributed by atoms with Gasteiger partial charge in [0.25, 0.3) is 0 Å². The SMILES string of the molecule is [2H]C([2H])([2H])C([2H])([2H])OC(=O)CCCCCCCC#CC. The molecule has 0 aliphatic rings. The molecule has 0 unspecified atom stereocenters. The maximum Gasteiger partial charge on any atom is 0.305 e. The lowest BCUT2D eigenvalue weighted by Crippen LogP contribution is -2.03. The van der Waals surface area contributed by atoms with Gasteiger partial charge in [0.2, 0.25) is 0 Å². The third kappa shape index (κ3) is 11.0. The van der Waals surface area contributed by atoms with Crippen LogP contribution in [0, 0.1) is 11.8 Å². The van der Waals surface area contributed by atoms with Crippen molar-refractivity contribution in [3.63, 3.8) is 0 Å². The van der Waals surface area contributed by atoms with Crippen molar-refractivity contribution in [3.05, 3.63) is 0 Å². The zero-order valence-corrected chi connectivity index (χ0v) is 9.27. The normalized spacial score (nSPS) is 15.9. The summed E-state index contributed by atoms with van der Waals surface area (Å²) in [4.78, 5) is 11.3. The molecular weight excluding hydrogens is 188 g/mol. The highest BCUT2D eigenvalue weighted by molar-refractivity contribution is 5.69. The zero-order valence-electron chi connectivity index (χ0n) is 14.3. The van der Waals surface area contributed by atoms with Crippen LogP contribution in [-0.2, 0) is 9.53 Å². The number of carbonyl (C=O) groups is 1. The van der Waals surface area contributed by atoms with Crippen LogP contribution in [0.15, 0.2) is 0 Å². The fourth-order valence-electron chi connectivity index (χ4n) is 1.25. The number of unbranched alkanes of at least 4 members (excludes halogenated alkanes) is 5. The molecule has 0 rings (SSSR count). The van der Waals surface area contributed by atoms with Crippen LogP contribution in [0.5, 0.6) is 0 Å². The molecular formula is C13H22O2. The van der Waals surface area contributed by atoms with E-state index >= 15 is 0 Å². The van der Waals surface area contributed by atoms with Crippen molar-refractivity contribution in [3.8, 4) is 11.8 Å². The van der Waals surface area contributed by atoms with Crippen LogP contribution in [0.2, 0.25) is 0 Å². The van der Waals surface area contributed by atoms with Crippen molar-refractivity contribution in [2.24, 2.45) is 0 Å². The van der Waals surface area contributed by atoms with E-state index in [4.69, 9.17) is 6.85 Å². The number of hydrogen-bond acceptors (Lipinski definition) is 2. The van der Waals surface area contributed by atoms with Gasteiger partial charge >= 0.3 is 5.97 Å². The Kier molecular flexibility index (Phi) is 5.43. The molecule has 0 heterocycles. The average Bonchev–Trinajstić information content (AvgIpc) is 2.30. The molecule has 15 heavy (non-hydrogen) atoms. The maximum absolute atomic E-state index is 11.3. The molecule has 0 atom stereocenters. The van der Waals surface area contributed by atoms with Crippen LogP contribution >= 0.6 is 0 Å². The van der Waals surface area contributed by atoms with Crippen LogP contribution in [0.4, 0.5) is 0 Å². The fraction of sp³-hybridized carbons (Fsp3) is 0.769. The number of ether oxygens (including phenoxy) is 1. The number of esters is 1. The summed E-state index contributed by atoms with van der Waals surface area (Å²) in [6.45, 7) is -4.06. The standard InChI is InChI=1S/C13H22O2/c1-3-5-6-7-8-9-10-11-12-13(14)15-4-2/h4,6-12H2,1-2H3/i2D3,4D2. The first kappa shape index (κ1) is 7.33. The van der Waals surface area contributed by atoms with Crippen LogP contribution in [0.1, 0.15) is 65.6 Å². The maximum atomic E-state index is 11.3. The lowest BCUT2D eigenvalue weighted by Gasteiger charge is -2.01. The first-order valence-corrected chi connectivity index (χ1v) is 5.32. The van der Waals surface area contributed by atoms with Gasteiger partial charge in [-0.1, -0.05) is 19.3 Å². The summed E-state index contributed by atoms with van der Waals surface area (Å²) < 4.78 is 39.5. The minimum absolute atomic E-state index is 0.0460. The van der Waals surface area contributed by atoms with E-state index in [0.717, 1.165) is 32.1 Å². The molecule has 0 aliphatic heterocycles. The summed E-state index contributed by atoms with van der Waals surface area (Å²) >= 11 is 0. The molecule has 0 spiro atoms. The lowest BCUT2D eigenvalue weighted by atomic mass is 10.1. The number of carbonyl (C=O) groups excluding carboxylic acids is 1. The smallest absolute Gasteiger partial charge is 0.305 e. The molecule has 0 aliphatic carbocycles. The first-order valence-electron chi connectivity index (χ1n) is 7.82. The molecule has 2 heteroatoms. The number of hydrogen-bond donors (Lipinski definition) is 0.